The third-order valence-electron chi connectivity index (χ3n) is 3.59. The van der Waals surface area contributed by atoms with Gasteiger partial charge in [-0.1, -0.05) is 38.1 Å². The molecule has 0 aliphatic heterocycles. The summed E-state index contributed by atoms with van der Waals surface area (Å²) in [4.78, 5) is 24.7. The number of aryl methyl sites for hydroxylation is 1. The van der Waals surface area contributed by atoms with E-state index in [0.717, 1.165) is 24.0 Å². The zero-order chi connectivity index (χ0) is 15.1. The second kappa shape index (κ2) is 7.68. The van der Waals surface area contributed by atoms with Gasteiger partial charge in [0.15, 0.2) is 0 Å². The largest absolute Gasteiger partial charge is 0.480 e. The van der Waals surface area contributed by atoms with E-state index < -0.39 is 5.97 Å². The predicted octanol–water partition coefficient (Wildman–Crippen LogP) is 2.50. The number of rotatable bonds is 7. The van der Waals surface area contributed by atoms with Crippen molar-refractivity contribution in [2.24, 2.45) is 0 Å². The topological polar surface area (TPSA) is 57.6 Å². The van der Waals surface area contributed by atoms with Gasteiger partial charge < -0.3 is 10.0 Å². The molecule has 1 atom stereocenters. The third-order valence-corrected chi connectivity index (χ3v) is 3.59. The average molecular weight is 277 g/mol. The Hall–Kier alpha value is -1.84. The first-order chi connectivity index (χ1) is 9.49. The van der Waals surface area contributed by atoms with Crippen LogP contribution in [-0.2, 0) is 22.4 Å². The molecule has 0 fully saturated rings. The van der Waals surface area contributed by atoms with Crippen molar-refractivity contribution in [2.75, 3.05) is 6.54 Å². The highest BCUT2D eigenvalue weighted by Crippen LogP contribution is 2.13. The van der Waals surface area contributed by atoms with Gasteiger partial charge >= 0.3 is 5.97 Å². The van der Waals surface area contributed by atoms with E-state index in [1.165, 1.54) is 4.90 Å². The molecule has 0 aromatic heterocycles. The fourth-order valence-corrected chi connectivity index (χ4v) is 2.20. The van der Waals surface area contributed by atoms with E-state index in [2.05, 4.69) is 0 Å². The molecule has 0 radical (unpaired) electrons. The lowest BCUT2D eigenvalue weighted by Gasteiger charge is -2.27. The van der Waals surface area contributed by atoms with E-state index in [-0.39, 0.29) is 24.9 Å². The molecule has 1 aromatic rings. The molecular formula is C16H23NO3. The van der Waals surface area contributed by atoms with Gasteiger partial charge in [0, 0.05) is 6.04 Å². The van der Waals surface area contributed by atoms with Crippen LogP contribution in [-0.4, -0.2) is 34.5 Å². The molecule has 0 aliphatic rings. The predicted molar refractivity (Wildman–Crippen MR) is 78.6 cm³/mol. The molecule has 20 heavy (non-hydrogen) atoms. The Kier molecular flexibility index (Phi) is 6.22. The number of benzene rings is 1. The second-order valence-electron chi connectivity index (χ2n) is 4.97. The number of nitrogens with zero attached hydrogens (tertiary/aromatic N) is 1. The summed E-state index contributed by atoms with van der Waals surface area (Å²) in [6.45, 7) is 5.65. The first kappa shape index (κ1) is 16.2. The van der Waals surface area contributed by atoms with Crippen LogP contribution in [0.1, 0.15) is 38.3 Å². The van der Waals surface area contributed by atoms with E-state index >= 15 is 0 Å². The summed E-state index contributed by atoms with van der Waals surface area (Å²) in [5.74, 6) is -1.09. The molecule has 0 aliphatic carbocycles. The van der Waals surface area contributed by atoms with Crippen molar-refractivity contribution < 1.29 is 14.7 Å². The van der Waals surface area contributed by atoms with Crippen LogP contribution < -0.4 is 0 Å². The lowest BCUT2D eigenvalue weighted by molar-refractivity contribution is -0.145. The number of carboxylic acid groups (broad SMARTS) is 1. The molecule has 0 saturated carbocycles. The Morgan fingerprint density at radius 3 is 2.30 bits per heavy atom. The smallest absolute Gasteiger partial charge is 0.323 e. The zero-order valence-electron chi connectivity index (χ0n) is 12.4. The van der Waals surface area contributed by atoms with Gasteiger partial charge in [-0.05, 0) is 30.9 Å². The fraction of sp³-hybridized carbons (Fsp3) is 0.500. The van der Waals surface area contributed by atoms with Crippen LogP contribution in [0.3, 0.4) is 0 Å². The number of carboxylic acids is 1. The number of aliphatic carboxylic acids is 1. The summed E-state index contributed by atoms with van der Waals surface area (Å²) in [6, 6.07) is 7.75. The monoisotopic (exact) mass is 277 g/mol. The molecule has 0 bridgehead atoms. The maximum absolute atomic E-state index is 12.4. The van der Waals surface area contributed by atoms with E-state index in [0.29, 0.717) is 0 Å². The third kappa shape index (κ3) is 4.37. The Balaban J connectivity index is 2.87. The summed E-state index contributed by atoms with van der Waals surface area (Å²) >= 11 is 0. The highest BCUT2D eigenvalue weighted by Gasteiger charge is 2.22. The normalized spacial score (nSPS) is 11.9. The molecular weight excluding hydrogens is 254 g/mol. The van der Waals surface area contributed by atoms with E-state index in [1.54, 1.807) is 0 Å². The standard InChI is InChI=1S/C16H23NO3/c1-4-12(3)17(11-16(19)20)15(18)10-14-9-7-6-8-13(14)5-2/h6-9,12H,4-5,10-11H2,1-3H3,(H,19,20). The molecule has 4 heteroatoms. The van der Waals surface area contributed by atoms with Crippen molar-refractivity contribution in [3.05, 3.63) is 35.4 Å². The first-order valence-electron chi connectivity index (χ1n) is 7.07. The molecule has 0 spiro atoms. The zero-order valence-corrected chi connectivity index (χ0v) is 12.4. The second-order valence-corrected chi connectivity index (χ2v) is 4.97. The van der Waals surface area contributed by atoms with Crippen LogP contribution >= 0.6 is 0 Å². The van der Waals surface area contributed by atoms with Crippen LogP contribution in [0.15, 0.2) is 24.3 Å². The number of carbonyl (C=O) groups excluding carboxylic acids is 1. The first-order valence-corrected chi connectivity index (χ1v) is 7.07. The van der Waals surface area contributed by atoms with E-state index in [4.69, 9.17) is 5.11 Å². The van der Waals surface area contributed by atoms with Crippen molar-refractivity contribution in [3.63, 3.8) is 0 Å². The minimum absolute atomic E-state index is 0.0626. The molecule has 1 unspecified atom stereocenters. The molecule has 1 amide bonds. The Labute approximate surface area is 120 Å². The van der Waals surface area contributed by atoms with Gasteiger partial charge in [0.2, 0.25) is 5.91 Å². The van der Waals surface area contributed by atoms with Gasteiger partial charge in [-0.3, -0.25) is 9.59 Å². The maximum atomic E-state index is 12.4. The summed E-state index contributed by atoms with van der Waals surface area (Å²) < 4.78 is 0. The van der Waals surface area contributed by atoms with Crippen molar-refractivity contribution in [3.8, 4) is 0 Å². The van der Waals surface area contributed by atoms with E-state index in [1.807, 2.05) is 45.0 Å². The fourth-order valence-electron chi connectivity index (χ4n) is 2.20. The van der Waals surface area contributed by atoms with Gasteiger partial charge in [-0.15, -0.1) is 0 Å². The van der Waals surface area contributed by atoms with Crippen molar-refractivity contribution in [1.29, 1.82) is 0 Å². The number of hydrogen-bond acceptors (Lipinski definition) is 2. The average Bonchev–Trinajstić information content (AvgIpc) is 2.44. The Morgan fingerprint density at radius 2 is 1.80 bits per heavy atom. The van der Waals surface area contributed by atoms with Crippen LogP contribution in [0.5, 0.6) is 0 Å². The van der Waals surface area contributed by atoms with E-state index in [9.17, 15) is 9.59 Å². The lowest BCUT2D eigenvalue weighted by Crippen LogP contribution is -2.42. The van der Waals surface area contributed by atoms with Crippen molar-refractivity contribution in [2.45, 2.75) is 46.1 Å². The molecule has 0 heterocycles. The van der Waals surface area contributed by atoms with Crippen LogP contribution in [0.25, 0.3) is 0 Å². The number of hydrogen-bond donors (Lipinski definition) is 1. The quantitative estimate of drug-likeness (QED) is 0.833. The molecule has 1 aromatic carbocycles. The minimum atomic E-state index is -0.970. The Morgan fingerprint density at radius 1 is 1.20 bits per heavy atom. The molecule has 110 valence electrons. The van der Waals surface area contributed by atoms with Gasteiger partial charge in [-0.2, -0.15) is 0 Å². The Bertz CT molecular complexity index is 471. The molecule has 1 N–H and O–H groups in total. The highest BCUT2D eigenvalue weighted by molar-refractivity contribution is 5.83. The van der Waals surface area contributed by atoms with Crippen LogP contribution in [0, 0.1) is 0 Å². The highest BCUT2D eigenvalue weighted by atomic mass is 16.4. The number of amides is 1. The van der Waals surface area contributed by atoms with Gasteiger partial charge in [0.1, 0.15) is 6.54 Å². The maximum Gasteiger partial charge on any atom is 0.323 e. The van der Waals surface area contributed by atoms with Gasteiger partial charge in [0.05, 0.1) is 6.42 Å². The summed E-state index contributed by atoms with van der Waals surface area (Å²) in [6.07, 6.45) is 1.88. The lowest BCUT2D eigenvalue weighted by atomic mass is 10.0. The van der Waals surface area contributed by atoms with Crippen LogP contribution in [0.4, 0.5) is 0 Å². The van der Waals surface area contributed by atoms with Crippen molar-refractivity contribution >= 4 is 11.9 Å². The van der Waals surface area contributed by atoms with Gasteiger partial charge in [-0.25, -0.2) is 0 Å². The molecule has 0 saturated heterocycles. The summed E-state index contributed by atoms with van der Waals surface area (Å²) in [5.41, 5.74) is 2.12. The number of carbonyl (C=O) groups is 2. The summed E-state index contributed by atoms with van der Waals surface area (Å²) in [5, 5.41) is 8.95. The SMILES string of the molecule is CCc1ccccc1CC(=O)N(CC(=O)O)C(C)CC. The van der Waals surface area contributed by atoms with Gasteiger partial charge in [0.25, 0.3) is 0 Å². The van der Waals surface area contributed by atoms with Crippen molar-refractivity contribution in [1.82, 2.24) is 4.90 Å². The summed E-state index contributed by atoms with van der Waals surface area (Å²) in [7, 11) is 0. The van der Waals surface area contributed by atoms with Crippen LogP contribution in [0.2, 0.25) is 0 Å². The molecule has 4 nitrogen and oxygen atoms in total. The minimum Gasteiger partial charge on any atom is -0.480 e. The molecule has 1 rings (SSSR count).